The second-order valence-corrected chi connectivity index (χ2v) is 9.26. The number of rotatable bonds is 8. The van der Waals surface area contributed by atoms with Crippen molar-refractivity contribution in [3.05, 3.63) is 34.6 Å². The summed E-state index contributed by atoms with van der Waals surface area (Å²) in [6.07, 6.45) is 0.778. The maximum Gasteiger partial charge on any atom is 0.250 e. The highest BCUT2D eigenvalue weighted by Gasteiger charge is 2.51. The van der Waals surface area contributed by atoms with E-state index in [0.29, 0.717) is 25.9 Å². The first-order chi connectivity index (χ1) is 15.4. The lowest BCUT2D eigenvalue weighted by Gasteiger charge is -2.49. The summed E-state index contributed by atoms with van der Waals surface area (Å²) in [5.41, 5.74) is -5.56. The van der Waals surface area contributed by atoms with Crippen molar-refractivity contribution in [2.75, 3.05) is 19.6 Å². The molecule has 1 atom stereocenters. The zero-order valence-electron chi connectivity index (χ0n) is 18.6. The zero-order chi connectivity index (χ0) is 26.1. The molecule has 1 aliphatic heterocycles. The Morgan fingerprint density at radius 3 is 2.12 bits per heavy atom. The molecule has 1 aromatic carbocycles. The predicted molar refractivity (Wildman–Crippen MR) is 128 cm³/mol. The van der Waals surface area contributed by atoms with Gasteiger partial charge in [-0.1, -0.05) is 11.6 Å². The highest BCUT2D eigenvalue weighted by molar-refractivity contribution is 6.41. The lowest BCUT2D eigenvalue weighted by atomic mass is 9.50. The lowest BCUT2D eigenvalue weighted by Crippen LogP contribution is -2.75. The number of hydrogen-bond donors (Lipinski definition) is 5. The highest BCUT2D eigenvalue weighted by Crippen LogP contribution is 2.27. The van der Waals surface area contributed by atoms with Crippen LogP contribution in [0.4, 0.5) is 4.39 Å². The number of nitrogens with zero attached hydrogens (tertiary/aromatic N) is 1. The van der Waals surface area contributed by atoms with Crippen LogP contribution in [0.25, 0.3) is 0 Å². The van der Waals surface area contributed by atoms with Crippen molar-refractivity contribution in [1.82, 2.24) is 15.5 Å². The van der Waals surface area contributed by atoms with Gasteiger partial charge in [-0.25, -0.2) is 4.39 Å². The van der Waals surface area contributed by atoms with Crippen molar-refractivity contribution in [3.8, 4) is 0 Å². The molecule has 0 aromatic heterocycles. The summed E-state index contributed by atoms with van der Waals surface area (Å²) in [4.78, 5) is 26.6. The molecule has 1 aliphatic rings. The van der Waals surface area contributed by atoms with Gasteiger partial charge in [0.05, 0.1) is 27.8 Å². The van der Waals surface area contributed by atoms with E-state index >= 15 is 0 Å². The van der Waals surface area contributed by atoms with Crippen molar-refractivity contribution >= 4 is 62.6 Å². The molecule has 2 rings (SSSR count). The Bertz CT molecular complexity index is 886. The van der Waals surface area contributed by atoms with Crippen LogP contribution in [-0.4, -0.2) is 113 Å². The minimum absolute atomic E-state index is 0.0362. The number of carbonyl (C=O) groups is 2. The van der Waals surface area contributed by atoms with Crippen LogP contribution in [0.3, 0.4) is 0 Å². The van der Waals surface area contributed by atoms with Gasteiger partial charge >= 0.3 is 0 Å². The molecule has 2 amide bonds. The number of halogens is 2. The fourth-order valence-electron chi connectivity index (χ4n) is 3.63. The van der Waals surface area contributed by atoms with Crippen LogP contribution in [0.15, 0.2) is 18.2 Å². The molecular weight excluding hydrogens is 459 g/mol. The van der Waals surface area contributed by atoms with Crippen LogP contribution in [0, 0.1) is 11.7 Å². The maximum absolute atomic E-state index is 13.5. The van der Waals surface area contributed by atoms with E-state index in [4.69, 9.17) is 50.8 Å². The molecule has 0 aliphatic carbocycles. The van der Waals surface area contributed by atoms with E-state index in [1.165, 1.54) is 6.07 Å². The molecule has 8 nitrogen and oxygen atoms in total. The molecule has 10 radical (unpaired) electrons. The zero-order valence-corrected chi connectivity index (χ0v) is 19.3. The van der Waals surface area contributed by atoms with Crippen molar-refractivity contribution in [2.45, 2.75) is 41.7 Å². The van der Waals surface area contributed by atoms with Gasteiger partial charge < -0.3 is 26.0 Å². The number of likely N-dealkylation sites (tertiary alicyclic amines) is 1. The molecule has 1 unspecified atom stereocenters. The summed E-state index contributed by atoms with van der Waals surface area (Å²) in [5.74, 6) is -2.50. The van der Waals surface area contributed by atoms with Crippen LogP contribution >= 0.6 is 11.6 Å². The Kier molecular flexibility index (Phi) is 8.69. The van der Waals surface area contributed by atoms with Crippen molar-refractivity contribution < 1.29 is 29.3 Å². The van der Waals surface area contributed by atoms with Crippen molar-refractivity contribution in [3.63, 3.8) is 0 Å². The second-order valence-electron chi connectivity index (χ2n) is 8.82. The van der Waals surface area contributed by atoms with Gasteiger partial charge in [0.25, 0.3) is 5.91 Å². The van der Waals surface area contributed by atoms with Crippen LogP contribution in [0.5, 0.6) is 0 Å². The molecule has 5 N–H and O–H groups in total. The monoisotopic (exact) mass is 481 g/mol. The summed E-state index contributed by atoms with van der Waals surface area (Å²) in [5, 5.41) is 29.7. The minimum Gasteiger partial charge on any atom is -0.407 e. The normalized spacial score (nSPS) is 18.2. The van der Waals surface area contributed by atoms with Gasteiger partial charge in [0.2, 0.25) is 5.91 Å². The predicted octanol–water partition coefficient (Wildman–Crippen LogP) is -2.42. The molecule has 1 saturated heterocycles. The van der Waals surface area contributed by atoms with Gasteiger partial charge in [-0.2, -0.15) is 0 Å². The number of amides is 2. The molecule has 15 heteroatoms. The molecule has 1 fully saturated rings. The second kappa shape index (κ2) is 10.3. The van der Waals surface area contributed by atoms with Crippen LogP contribution < -0.4 is 10.6 Å². The average Bonchev–Trinajstić information content (AvgIpc) is 2.65. The van der Waals surface area contributed by atoms with E-state index in [-0.39, 0.29) is 23.0 Å². The maximum atomic E-state index is 13.5. The minimum atomic E-state index is -3.13. The standard InChI is InChI=1S/C19H22B5ClFN3O5/c1-16(18(22,23)32,19(24,33)34)27-14(30)9-29-4-2-11(3-5-29)17(20,21)28-15(31)10-6-12(25)8-13(26)7-10/h6-8,11,32-34H,2-5,9H2,1H3,(H,27,30)(H,28,31). The smallest absolute Gasteiger partial charge is 0.250 e. The van der Waals surface area contributed by atoms with E-state index in [9.17, 15) is 29.3 Å². The molecule has 1 aromatic rings. The van der Waals surface area contributed by atoms with E-state index in [1.807, 2.05) is 0 Å². The lowest BCUT2D eigenvalue weighted by molar-refractivity contribution is -0.176. The fourth-order valence-corrected chi connectivity index (χ4v) is 3.85. The van der Waals surface area contributed by atoms with Crippen LogP contribution in [0.2, 0.25) is 5.02 Å². The van der Waals surface area contributed by atoms with Gasteiger partial charge in [0.1, 0.15) is 27.2 Å². The summed E-state index contributed by atoms with van der Waals surface area (Å²) in [6, 6.07) is 3.34. The molecule has 1 heterocycles. The third kappa shape index (κ3) is 6.82. The Morgan fingerprint density at radius 2 is 1.65 bits per heavy atom. The largest absolute Gasteiger partial charge is 0.407 e. The summed E-state index contributed by atoms with van der Waals surface area (Å²) < 4.78 is 13.5. The Morgan fingerprint density at radius 1 is 1.09 bits per heavy atom. The van der Waals surface area contributed by atoms with Gasteiger partial charge in [-0.05, 0) is 62.3 Å². The van der Waals surface area contributed by atoms with Gasteiger partial charge in [0.15, 0.2) is 7.85 Å². The molecule has 0 bridgehead atoms. The van der Waals surface area contributed by atoms with Crippen molar-refractivity contribution in [2.24, 2.45) is 5.92 Å². The number of nitrogens with one attached hydrogen (secondary N) is 2. The first-order valence-corrected chi connectivity index (χ1v) is 10.7. The van der Waals surface area contributed by atoms with Gasteiger partial charge in [-0.15, -0.1) is 0 Å². The van der Waals surface area contributed by atoms with E-state index in [1.54, 1.807) is 4.90 Å². The molecule has 0 spiro atoms. The van der Waals surface area contributed by atoms with Gasteiger partial charge in [-0.3, -0.25) is 14.5 Å². The summed E-state index contributed by atoms with van der Waals surface area (Å²) >= 11 is 5.78. The number of piperidine rings is 1. The summed E-state index contributed by atoms with van der Waals surface area (Å²) in [6.45, 7) is 1.44. The van der Waals surface area contributed by atoms with E-state index < -0.39 is 39.6 Å². The Balaban J connectivity index is 1.95. The summed E-state index contributed by atoms with van der Waals surface area (Å²) in [7, 11) is 28.2. The third-order valence-electron chi connectivity index (χ3n) is 6.01. The number of carbonyl (C=O) groups excluding carboxylic acids is 2. The number of benzene rings is 1. The molecule has 0 saturated carbocycles. The Labute approximate surface area is 209 Å². The average molecular weight is 481 g/mol. The number of aliphatic hydroxyl groups is 3. The quantitative estimate of drug-likeness (QED) is 0.208. The van der Waals surface area contributed by atoms with Crippen LogP contribution in [0.1, 0.15) is 30.1 Å². The fraction of sp³-hybridized carbons (Fsp3) is 0.579. The number of hydrogen-bond acceptors (Lipinski definition) is 6. The topological polar surface area (TPSA) is 122 Å². The first-order valence-electron chi connectivity index (χ1n) is 10.3. The first kappa shape index (κ1) is 28.8. The van der Waals surface area contributed by atoms with E-state index in [2.05, 4.69) is 10.6 Å². The molecular formula is C19H22B5ClFN3O5. The van der Waals surface area contributed by atoms with Crippen LogP contribution in [-0.2, 0) is 4.79 Å². The molecule has 172 valence electrons. The van der Waals surface area contributed by atoms with E-state index in [0.717, 1.165) is 19.1 Å². The highest BCUT2D eigenvalue weighted by atomic mass is 35.5. The van der Waals surface area contributed by atoms with Crippen molar-refractivity contribution in [1.29, 1.82) is 0 Å². The Hall–Kier alpha value is -1.46. The molecule has 34 heavy (non-hydrogen) atoms. The SMILES string of the molecule is [B]C([B])(NC(=O)c1cc(F)cc(Cl)c1)C1CCN(CC(=O)NC(C)(C([B])([B])O)C([B])(O)O)CC1. The van der Waals surface area contributed by atoms with Gasteiger partial charge in [0, 0.05) is 16.0 Å². The third-order valence-corrected chi connectivity index (χ3v) is 6.23.